The van der Waals surface area contributed by atoms with Crippen LogP contribution in [0.25, 0.3) is 0 Å². The molecule has 0 saturated carbocycles. The minimum atomic E-state index is 0.518. The topological polar surface area (TPSA) is 20.2 Å². The van der Waals surface area contributed by atoms with Gasteiger partial charge >= 0.3 is 0 Å². The summed E-state index contributed by atoms with van der Waals surface area (Å²) < 4.78 is 0. The van der Waals surface area contributed by atoms with Crippen molar-refractivity contribution in [2.75, 3.05) is 0 Å². The van der Waals surface area contributed by atoms with Crippen LogP contribution in [-0.4, -0.2) is 5.11 Å². The number of hydrogen-bond donors (Lipinski definition) is 1. The maximum atomic E-state index is 9.03. The van der Waals surface area contributed by atoms with Crippen LogP contribution in [0.3, 0.4) is 0 Å². The van der Waals surface area contributed by atoms with Crippen LogP contribution in [0.15, 0.2) is 23.5 Å². The molecule has 0 radical (unpaired) electrons. The van der Waals surface area contributed by atoms with E-state index in [9.17, 15) is 0 Å². The first kappa shape index (κ1) is 11.3. The molecule has 1 heteroatoms. The van der Waals surface area contributed by atoms with Crippen LogP contribution in [0.5, 0.6) is 0 Å². The number of aliphatic hydroxyl groups excluding tert-OH is 1. The molecule has 0 fully saturated rings. The molecule has 0 saturated heterocycles. The summed E-state index contributed by atoms with van der Waals surface area (Å²) in [4.78, 5) is 0. The fourth-order valence-electron chi connectivity index (χ4n) is 1.12. The van der Waals surface area contributed by atoms with Crippen LogP contribution in [-0.2, 0) is 0 Å². The van der Waals surface area contributed by atoms with Crippen LogP contribution < -0.4 is 0 Å². The van der Waals surface area contributed by atoms with E-state index in [4.69, 9.17) is 5.11 Å². The Kier molecular flexibility index (Phi) is 5.52. The zero-order chi connectivity index (χ0) is 9.56. The Morgan fingerprint density at radius 3 is 2.08 bits per heavy atom. The van der Waals surface area contributed by atoms with Crippen LogP contribution in [0.1, 0.15) is 40.5 Å². The summed E-state index contributed by atoms with van der Waals surface area (Å²) in [6.07, 6.45) is 5.69. The van der Waals surface area contributed by atoms with Crippen molar-refractivity contribution in [2.24, 2.45) is 5.92 Å². The zero-order valence-corrected chi connectivity index (χ0v) is 8.59. The van der Waals surface area contributed by atoms with Gasteiger partial charge in [-0.05, 0) is 18.4 Å². The van der Waals surface area contributed by atoms with Crippen LogP contribution >= 0.6 is 0 Å². The number of rotatable bonds is 1. The van der Waals surface area contributed by atoms with E-state index in [1.807, 2.05) is 19.9 Å². The second-order valence-electron chi connectivity index (χ2n) is 3.05. The summed E-state index contributed by atoms with van der Waals surface area (Å²) in [5.74, 6) is 1.15. The van der Waals surface area contributed by atoms with Crippen molar-refractivity contribution in [3.63, 3.8) is 0 Å². The van der Waals surface area contributed by atoms with Crippen LogP contribution in [0.2, 0.25) is 0 Å². The van der Waals surface area contributed by atoms with E-state index in [-0.39, 0.29) is 0 Å². The maximum absolute atomic E-state index is 9.03. The first-order chi connectivity index (χ1) is 5.70. The number of aliphatic hydroxyl groups is 1. The smallest absolute Gasteiger partial charge is 0.0925 e. The predicted octanol–water partition coefficient (Wildman–Crippen LogP) is 3.83. The van der Waals surface area contributed by atoms with Gasteiger partial charge in [0, 0.05) is 6.42 Å². The molecule has 0 unspecified atom stereocenters. The molecule has 1 N–H and O–H groups in total. The molecule has 0 aromatic rings. The Morgan fingerprint density at radius 1 is 1.17 bits per heavy atom. The Morgan fingerprint density at radius 2 is 1.75 bits per heavy atom. The van der Waals surface area contributed by atoms with Gasteiger partial charge in [-0.15, -0.1) is 0 Å². The van der Waals surface area contributed by atoms with Gasteiger partial charge in [-0.25, -0.2) is 0 Å². The first-order valence-electron chi connectivity index (χ1n) is 4.78. The third kappa shape index (κ3) is 3.61. The largest absolute Gasteiger partial charge is 0.512 e. The molecule has 12 heavy (non-hydrogen) atoms. The molecule has 0 heterocycles. The highest BCUT2D eigenvalue weighted by Gasteiger charge is 2.07. The van der Waals surface area contributed by atoms with Crippen molar-refractivity contribution in [1.29, 1.82) is 0 Å². The van der Waals surface area contributed by atoms with Gasteiger partial charge in [0.2, 0.25) is 0 Å². The summed E-state index contributed by atoms with van der Waals surface area (Å²) >= 11 is 0. The van der Waals surface area contributed by atoms with E-state index in [1.165, 1.54) is 5.57 Å². The van der Waals surface area contributed by atoms with Crippen molar-refractivity contribution < 1.29 is 5.11 Å². The van der Waals surface area contributed by atoms with Gasteiger partial charge < -0.3 is 5.11 Å². The summed E-state index contributed by atoms with van der Waals surface area (Å²) in [5.41, 5.74) is 1.44. The maximum Gasteiger partial charge on any atom is 0.0925 e. The molecular weight excluding hydrogens is 148 g/mol. The van der Waals surface area contributed by atoms with Crippen molar-refractivity contribution in [1.82, 2.24) is 0 Å². The molecule has 1 rings (SSSR count). The SMILES string of the molecule is CC.CC(C)C1=CC=C(O)CC1. The summed E-state index contributed by atoms with van der Waals surface area (Å²) in [5, 5.41) is 9.03. The molecule has 0 aromatic heterocycles. The predicted molar refractivity (Wildman–Crippen MR) is 54.2 cm³/mol. The van der Waals surface area contributed by atoms with Crippen molar-refractivity contribution in [3.8, 4) is 0 Å². The van der Waals surface area contributed by atoms with Crippen LogP contribution in [0, 0.1) is 5.92 Å². The number of hydrogen-bond acceptors (Lipinski definition) is 1. The Balaban J connectivity index is 0.000000561. The molecule has 0 atom stereocenters. The fourth-order valence-corrected chi connectivity index (χ4v) is 1.12. The first-order valence-corrected chi connectivity index (χ1v) is 4.78. The summed E-state index contributed by atoms with van der Waals surface area (Å²) in [6, 6.07) is 0. The lowest BCUT2D eigenvalue weighted by molar-refractivity contribution is 0.383. The van der Waals surface area contributed by atoms with Crippen LogP contribution in [0.4, 0.5) is 0 Å². The van der Waals surface area contributed by atoms with Gasteiger partial charge in [0.05, 0.1) is 5.76 Å². The summed E-state index contributed by atoms with van der Waals surface area (Å²) in [6.45, 7) is 8.37. The highest BCUT2D eigenvalue weighted by molar-refractivity contribution is 5.21. The van der Waals surface area contributed by atoms with Gasteiger partial charge in [0.25, 0.3) is 0 Å². The monoisotopic (exact) mass is 168 g/mol. The second kappa shape index (κ2) is 5.87. The molecule has 0 amide bonds. The van der Waals surface area contributed by atoms with E-state index in [0.29, 0.717) is 11.7 Å². The third-order valence-corrected chi connectivity index (χ3v) is 1.90. The lowest BCUT2D eigenvalue weighted by Gasteiger charge is -2.13. The van der Waals surface area contributed by atoms with E-state index >= 15 is 0 Å². The van der Waals surface area contributed by atoms with Gasteiger partial charge in [-0.2, -0.15) is 0 Å². The van der Waals surface area contributed by atoms with Gasteiger partial charge in [0.1, 0.15) is 0 Å². The molecule has 70 valence electrons. The molecule has 1 aliphatic carbocycles. The van der Waals surface area contributed by atoms with E-state index < -0.39 is 0 Å². The molecule has 1 aliphatic rings. The molecule has 0 bridgehead atoms. The average molecular weight is 168 g/mol. The van der Waals surface area contributed by atoms with E-state index in [1.54, 1.807) is 6.08 Å². The van der Waals surface area contributed by atoms with Gasteiger partial charge in [0.15, 0.2) is 0 Å². The van der Waals surface area contributed by atoms with Crippen molar-refractivity contribution in [3.05, 3.63) is 23.5 Å². The highest BCUT2D eigenvalue weighted by Crippen LogP contribution is 2.22. The standard InChI is InChI=1S/C9H14O.C2H6/c1-7(2)8-3-5-9(10)6-4-8;1-2/h3,5,7,10H,4,6H2,1-2H3;1-2H3. The number of allylic oxidation sites excluding steroid dienone is 4. The lowest BCUT2D eigenvalue weighted by Crippen LogP contribution is -1.98. The van der Waals surface area contributed by atoms with Crippen molar-refractivity contribution in [2.45, 2.75) is 40.5 Å². The average Bonchev–Trinajstić information content (AvgIpc) is 2.09. The minimum Gasteiger partial charge on any atom is -0.512 e. The van der Waals surface area contributed by atoms with Gasteiger partial charge in [-0.1, -0.05) is 39.3 Å². The third-order valence-electron chi connectivity index (χ3n) is 1.90. The van der Waals surface area contributed by atoms with E-state index in [0.717, 1.165) is 12.8 Å². The minimum absolute atomic E-state index is 0.518. The fraction of sp³-hybridized carbons (Fsp3) is 0.636. The molecule has 0 aliphatic heterocycles. The van der Waals surface area contributed by atoms with E-state index in [2.05, 4.69) is 13.8 Å². The Bertz CT molecular complexity index is 175. The molecule has 0 spiro atoms. The van der Waals surface area contributed by atoms with Crippen molar-refractivity contribution >= 4 is 0 Å². The molecular formula is C11H20O. The second-order valence-corrected chi connectivity index (χ2v) is 3.05. The van der Waals surface area contributed by atoms with Gasteiger partial charge in [-0.3, -0.25) is 0 Å². The Labute approximate surface area is 75.8 Å². The quantitative estimate of drug-likeness (QED) is 0.631. The highest BCUT2D eigenvalue weighted by atomic mass is 16.3. The zero-order valence-electron chi connectivity index (χ0n) is 8.59. The molecule has 1 nitrogen and oxygen atoms in total. The lowest BCUT2D eigenvalue weighted by atomic mass is 9.94. The summed E-state index contributed by atoms with van der Waals surface area (Å²) in [7, 11) is 0. The normalized spacial score (nSPS) is 16.1. The Hall–Kier alpha value is -0.720. The molecule has 0 aromatic carbocycles.